The number of halogens is 1. The van der Waals surface area contributed by atoms with Gasteiger partial charge in [0.25, 0.3) is 0 Å². The minimum atomic E-state index is -0.260. The van der Waals surface area contributed by atoms with E-state index in [0.29, 0.717) is 25.1 Å². The predicted molar refractivity (Wildman–Crippen MR) is 69.1 cm³/mol. The molecule has 2 heterocycles. The Morgan fingerprint density at radius 2 is 2.21 bits per heavy atom. The van der Waals surface area contributed by atoms with Crippen LogP contribution in [0.5, 0.6) is 0 Å². The molecule has 1 aromatic heterocycles. The van der Waals surface area contributed by atoms with Gasteiger partial charge < -0.3 is 9.73 Å². The first kappa shape index (κ1) is 12.2. The Bertz CT molecular complexity index is 609. The molecule has 2 aromatic rings. The summed E-state index contributed by atoms with van der Waals surface area (Å²) in [5, 5.41) is 3.61. The van der Waals surface area contributed by atoms with Crippen molar-refractivity contribution in [3.8, 4) is 0 Å². The van der Waals surface area contributed by atoms with Crippen LogP contribution in [0, 0.1) is 5.82 Å². The third kappa shape index (κ3) is 2.76. The molecule has 0 bridgehead atoms. The smallest absolute Gasteiger partial charge is 0.221 e. The number of nitrogens with one attached hydrogen (secondary N) is 1. The number of carbonyl (C=O) groups excluding carboxylic acids is 1. The molecule has 100 valence electrons. The van der Waals surface area contributed by atoms with Crippen LogP contribution in [0.2, 0.25) is 0 Å². The van der Waals surface area contributed by atoms with Gasteiger partial charge in [0.1, 0.15) is 17.2 Å². The second-order valence-corrected chi connectivity index (χ2v) is 4.77. The van der Waals surface area contributed by atoms with Crippen molar-refractivity contribution in [2.75, 3.05) is 19.6 Å². The highest BCUT2D eigenvalue weighted by atomic mass is 19.1. The minimum absolute atomic E-state index is 0.0918. The number of benzene rings is 1. The van der Waals surface area contributed by atoms with Crippen LogP contribution in [0.4, 0.5) is 4.39 Å². The summed E-state index contributed by atoms with van der Waals surface area (Å²) in [5.74, 6) is 0.633. The summed E-state index contributed by atoms with van der Waals surface area (Å²) in [6, 6.07) is 6.36. The van der Waals surface area contributed by atoms with E-state index >= 15 is 0 Å². The molecule has 19 heavy (non-hydrogen) atoms. The molecule has 1 saturated heterocycles. The van der Waals surface area contributed by atoms with E-state index in [2.05, 4.69) is 10.2 Å². The maximum absolute atomic E-state index is 13.1. The Balaban J connectivity index is 1.75. The summed E-state index contributed by atoms with van der Waals surface area (Å²) in [5.41, 5.74) is 0.695. The Morgan fingerprint density at radius 3 is 3.11 bits per heavy atom. The monoisotopic (exact) mass is 262 g/mol. The lowest BCUT2D eigenvalue weighted by Gasteiger charge is -2.16. The molecule has 0 unspecified atom stereocenters. The molecule has 0 atom stereocenters. The molecule has 1 aliphatic heterocycles. The zero-order valence-electron chi connectivity index (χ0n) is 10.5. The highest BCUT2D eigenvalue weighted by Crippen LogP contribution is 2.21. The van der Waals surface area contributed by atoms with E-state index < -0.39 is 0 Å². The normalized spacial score (nSPS) is 17.4. The molecule has 1 amide bonds. The first-order chi connectivity index (χ1) is 9.20. The van der Waals surface area contributed by atoms with Crippen LogP contribution in [-0.2, 0) is 11.3 Å². The fourth-order valence-electron chi connectivity index (χ4n) is 2.34. The lowest BCUT2D eigenvalue weighted by atomic mass is 10.2. The maximum Gasteiger partial charge on any atom is 0.221 e. The van der Waals surface area contributed by atoms with E-state index in [-0.39, 0.29) is 11.7 Å². The number of fused-ring (bicyclic) bond motifs is 1. The van der Waals surface area contributed by atoms with Crippen molar-refractivity contribution in [2.24, 2.45) is 0 Å². The molecule has 0 spiro atoms. The fourth-order valence-corrected chi connectivity index (χ4v) is 2.34. The van der Waals surface area contributed by atoms with Crippen molar-refractivity contribution in [3.63, 3.8) is 0 Å². The lowest BCUT2D eigenvalue weighted by Crippen LogP contribution is -2.28. The second kappa shape index (κ2) is 5.01. The maximum atomic E-state index is 13.1. The van der Waals surface area contributed by atoms with E-state index in [9.17, 15) is 9.18 Å². The van der Waals surface area contributed by atoms with Gasteiger partial charge >= 0.3 is 0 Å². The van der Waals surface area contributed by atoms with Crippen LogP contribution in [-0.4, -0.2) is 30.4 Å². The van der Waals surface area contributed by atoms with E-state index in [1.54, 1.807) is 6.07 Å². The van der Waals surface area contributed by atoms with Crippen molar-refractivity contribution < 1.29 is 13.6 Å². The number of amides is 1. The Morgan fingerprint density at radius 1 is 1.32 bits per heavy atom. The third-order valence-corrected chi connectivity index (χ3v) is 3.31. The summed E-state index contributed by atoms with van der Waals surface area (Å²) in [6.07, 6.45) is 0.509. The van der Waals surface area contributed by atoms with Gasteiger partial charge in [-0.2, -0.15) is 0 Å². The van der Waals surface area contributed by atoms with Crippen molar-refractivity contribution >= 4 is 16.9 Å². The highest BCUT2D eigenvalue weighted by Gasteiger charge is 2.15. The number of carbonyl (C=O) groups is 1. The SMILES string of the molecule is O=C1CCN(Cc2cc3cc(F)ccc3o2)CCN1. The summed E-state index contributed by atoms with van der Waals surface area (Å²) in [6.45, 7) is 2.83. The summed E-state index contributed by atoms with van der Waals surface area (Å²) in [4.78, 5) is 13.4. The average Bonchev–Trinajstić information content (AvgIpc) is 2.65. The van der Waals surface area contributed by atoms with Gasteiger partial charge in [-0.3, -0.25) is 9.69 Å². The minimum Gasteiger partial charge on any atom is -0.460 e. The molecule has 1 aromatic carbocycles. The molecule has 4 nitrogen and oxygen atoms in total. The van der Waals surface area contributed by atoms with E-state index in [1.807, 2.05) is 6.07 Å². The Hall–Kier alpha value is -1.88. The van der Waals surface area contributed by atoms with Gasteiger partial charge in [0.15, 0.2) is 0 Å². The Labute approximate surface area is 110 Å². The molecule has 0 saturated carbocycles. The molecule has 5 heteroatoms. The number of hydrogen-bond acceptors (Lipinski definition) is 3. The molecule has 0 aliphatic carbocycles. The van der Waals surface area contributed by atoms with Crippen LogP contribution in [0.15, 0.2) is 28.7 Å². The average molecular weight is 262 g/mol. The molecule has 0 radical (unpaired) electrons. The molecule has 3 rings (SSSR count). The van der Waals surface area contributed by atoms with Crippen LogP contribution >= 0.6 is 0 Å². The van der Waals surface area contributed by atoms with Crippen molar-refractivity contribution in [1.82, 2.24) is 10.2 Å². The number of nitrogens with zero attached hydrogens (tertiary/aromatic N) is 1. The van der Waals surface area contributed by atoms with Crippen LogP contribution in [0.3, 0.4) is 0 Å². The predicted octanol–water partition coefficient (Wildman–Crippen LogP) is 1.89. The molecular weight excluding hydrogens is 247 g/mol. The van der Waals surface area contributed by atoms with Crippen LogP contribution in [0.1, 0.15) is 12.2 Å². The standard InChI is InChI=1S/C14H15FN2O2/c15-11-1-2-13-10(7-11)8-12(19-13)9-17-5-3-14(18)16-4-6-17/h1-2,7-8H,3-6,9H2,(H,16,18). The fraction of sp³-hybridized carbons (Fsp3) is 0.357. The zero-order chi connectivity index (χ0) is 13.2. The van der Waals surface area contributed by atoms with Gasteiger partial charge in [-0.15, -0.1) is 0 Å². The Kier molecular flexibility index (Phi) is 3.21. The lowest BCUT2D eigenvalue weighted by molar-refractivity contribution is -0.120. The van der Waals surface area contributed by atoms with Gasteiger partial charge in [0, 0.05) is 31.4 Å². The van der Waals surface area contributed by atoms with E-state index in [1.165, 1.54) is 12.1 Å². The zero-order valence-corrected chi connectivity index (χ0v) is 10.5. The largest absolute Gasteiger partial charge is 0.460 e. The number of rotatable bonds is 2. The summed E-state index contributed by atoms with van der Waals surface area (Å²) >= 11 is 0. The van der Waals surface area contributed by atoms with Gasteiger partial charge in [0.2, 0.25) is 5.91 Å². The third-order valence-electron chi connectivity index (χ3n) is 3.31. The first-order valence-corrected chi connectivity index (χ1v) is 6.38. The molecular formula is C14H15FN2O2. The quantitative estimate of drug-likeness (QED) is 0.899. The first-order valence-electron chi connectivity index (χ1n) is 6.38. The van der Waals surface area contributed by atoms with Gasteiger partial charge in [0.05, 0.1) is 6.54 Å². The van der Waals surface area contributed by atoms with Gasteiger partial charge in [-0.1, -0.05) is 0 Å². The van der Waals surface area contributed by atoms with Crippen LogP contribution in [0.25, 0.3) is 11.0 Å². The van der Waals surface area contributed by atoms with E-state index in [0.717, 1.165) is 24.2 Å². The molecule has 1 fully saturated rings. The van der Waals surface area contributed by atoms with Crippen molar-refractivity contribution in [2.45, 2.75) is 13.0 Å². The van der Waals surface area contributed by atoms with Crippen molar-refractivity contribution in [1.29, 1.82) is 0 Å². The topological polar surface area (TPSA) is 45.5 Å². The summed E-state index contributed by atoms with van der Waals surface area (Å²) in [7, 11) is 0. The van der Waals surface area contributed by atoms with Gasteiger partial charge in [-0.25, -0.2) is 4.39 Å². The summed E-state index contributed by atoms with van der Waals surface area (Å²) < 4.78 is 18.8. The highest BCUT2D eigenvalue weighted by molar-refractivity contribution is 5.78. The second-order valence-electron chi connectivity index (χ2n) is 4.77. The van der Waals surface area contributed by atoms with Crippen molar-refractivity contribution in [3.05, 3.63) is 35.8 Å². The number of furan rings is 1. The molecule has 1 aliphatic rings. The molecule has 1 N–H and O–H groups in total. The van der Waals surface area contributed by atoms with Gasteiger partial charge in [-0.05, 0) is 24.3 Å². The van der Waals surface area contributed by atoms with E-state index in [4.69, 9.17) is 4.42 Å². The van der Waals surface area contributed by atoms with Crippen LogP contribution < -0.4 is 5.32 Å². The number of hydrogen-bond donors (Lipinski definition) is 1.